The smallest absolute Gasteiger partial charge is 0.277 e. The maximum Gasteiger partial charge on any atom is 0.277 e. The molecule has 7 nitrogen and oxygen atoms in total. The lowest BCUT2D eigenvalue weighted by atomic mass is 10.1. The first-order valence-electron chi connectivity index (χ1n) is 9.62. The molecule has 0 N–H and O–H groups in total. The molecule has 2 aliphatic rings. The molecule has 2 aromatic rings. The average molecular weight is 398 g/mol. The lowest BCUT2D eigenvalue weighted by Crippen LogP contribution is -2.48. The number of aromatic nitrogens is 2. The van der Waals surface area contributed by atoms with Gasteiger partial charge in [-0.1, -0.05) is 19.4 Å². The van der Waals surface area contributed by atoms with Crippen molar-refractivity contribution in [2.75, 3.05) is 37.6 Å². The second-order valence-corrected chi connectivity index (χ2v) is 7.79. The Morgan fingerprint density at radius 2 is 1.71 bits per heavy atom. The van der Waals surface area contributed by atoms with Crippen LogP contribution in [0.5, 0.6) is 0 Å². The Balaban J connectivity index is 1.59. The fraction of sp³-hybridized carbons (Fsp3) is 0.400. The molecule has 2 aromatic heterocycles. The van der Waals surface area contributed by atoms with Gasteiger partial charge in [-0.25, -0.2) is 9.97 Å². The molecule has 0 radical (unpaired) electrons. The van der Waals surface area contributed by atoms with Gasteiger partial charge in [-0.3, -0.25) is 14.5 Å². The number of unbranched alkanes of at least 4 members (excludes halogenated alkanes) is 1. The minimum Gasteiger partial charge on any atom is -0.363 e. The van der Waals surface area contributed by atoms with E-state index in [1.165, 1.54) is 16.2 Å². The minimum atomic E-state index is -0.162. The molecule has 4 rings (SSSR count). The lowest BCUT2D eigenvalue weighted by Gasteiger charge is -2.36. The molecule has 0 saturated carbocycles. The molecule has 1 saturated heterocycles. The Bertz CT molecular complexity index is 873. The van der Waals surface area contributed by atoms with Gasteiger partial charge in [0.15, 0.2) is 0 Å². The fourth-order valence-corrected chi connectivity index (χ4v) is 4.37. The van der Waals surface area contributed by atoms with E-state index in [1.807, 2.05) is 17.5 Å². The van der Waals surface area contributed by atoms with Crippen molar-refractivity contribution < 1.29 is 9.59 Å². The minimum absolute atomic E-state index is 0.161. The third-order valence-electron chi connectivity index (χ3n) is 5.08. The van der Waals surface area contributed by atoms with E-state index in [-0.39, 0.29) is 11.8 Å². The number of thiophene rings is 1. The van der Waals surface area contributed by atoms with Crippen LogP contribution >= 0.6 is 11.3 Å². The number of carbonyl (C=O) groups is 2. The van der Waals surface area contributed by atoms with Crippen molar-refractivity contribution in [1.82, 2.24) is 19.8 Å². The third kappa shape index (κ3) is 3.40. The Morgan fingerprint density at radius 1 is 1.00 bits per heavy atom. The number of amides is 2. The quantitative estimate of drug-likeness (QED) is 0.697. The zero-order valence-corrected chi connectivity index (χ0v) is 16.7. The monoisotopic (exact) mass is 397 g/mol. The number of anilines is 1. The molecule has 4 heterocycles. The standard InChI is InChI=1S/C20H23N5O2S/c1-2-3-9-25-18(26)16(15-6-4-14-28-15)17(19(25)27)23-10-12-24(13-11-23)20-21-7-5-8-22-20/h4-8,14H,2-3,9-13H2,1H3. The van der Waals surface area contributed by atoms with E-state index in [0.29, 0.717) is 49.9 Å². The Kier molecular flexibility index (Phi) is 5.38. The van der Waals surface area contributed by atoms with Crippen molar-refractivity contribution in [2.24, 2.45) is 0 Å². The van der Waals surface area contributed by atoms with E-state index in [1.54, 1.807) is 18.5 Å². The predicted octanol–water partition coefficient (Wildman–Crippen LogP) is 2.24. The Labute approximate surface area is 168 Å². The molecule has 8 heteroatoms. The number of piperazine rings is 1. The summed E-state index contributed by atoms with van der Waals surface area (Å²) in [6.45, 7) is 5.27. The van der Waals surface area contributed by atoms with Gasteiger partial charge in [0.2, 0.25) is 5.95 Å². The second-order valence-electron chi connectivity index (χ2n) is 6.84. The maximum absolute atomic E-state index is 13.2. The van der Waals surface area contributed by atoms with Crippen LogP contribution in [-0.4, -0.2) is 64.3 Å². The van der Waals surface area contributed by atoms with Crippen LogP contribution < -0.4 is 4.90 Å². The van der Waals surface area contributed by atoms with E-state index in [9.17, 15) is 9.59 Å². The molecule has 2 aliphatic heterocycles. The number of nitrogens with zero attached hydrogens (tertiary/aromatic N) is 5. The first kappa shape index (κ1) is 18.6. The van der Waals surface area contributed by atoms with E-state index >= 15 is 0 Å². The highest BCUT2D eigenvalue weighted by atomic mass is 32.1. The number of hydrogen-bond donors (Lipinski definition) is 0. The normalized spacial score (nSPS) is 17.8. The fourth-order valence-electron chi connectivity index (χ4n) is 3.60. The van der Waals surface area contributed by atoms with E-state index < -0.39 is 0 Å². The Morgan fingerprint density at radius 3 is 2.36 bits per heavy atom. The van der Waals surface area contributed by atoms with E-state index in [2.05, 4.69) is 26.7 Å². The molecule has 0 aromatic carbocycles. The highest BCUT2D eigenvalue weighted by Gasteiger charge is 2.42. The summed E-state index contributed by atoms with van der Waals surface area (Å²) in [5.74, 6) is 0.379. The number of imide groups is 1. The van der Waals surface area contributed by atoms with Crippen LogP contribution in [0, 0.1) is 0 Å². The van der Waals surface area contributed by atoms with Gasteiger partial charge in [-0.15, -0.1) is 11.3 Å². The molecule has 28 heavy (non-hydrogen) atoms. The van der Waals surface area contributed by atoms with Crippen molar-refractivity contribution in [3.05, 3.63) is 46.5 Å². The lowest BCUT2D eigenvalue weighted by molar-refractivity contribution is -0.137. The van der Waals surface area contributed by atoms with Gasteiger partial charge >= 0.3 is 0 Å². The van der Waals surface area contributed by atoms with Gasteiger partial charge in [-0.2, -0.15) is 0 Å². The van der Waals surface area contributed by atoms with Crippen LogP contribution in [0.1, 0.15) is 24.6 Å². The molecular weight excluding hydrogens is 374 g/mol. The molecule has 0 unspecified atom stereocenters. The molecule has 0 spiro atoms. The van der Waals surface area contributed by atoms with Crippen LogP contribution in [0.4, 0.5) is 5.95 Å². The summed E-state index contributed by atoms with van der Waals surface area (Å²) in [6.07, 6.45) is 5.23. The summed E-state index contributed by atoms with van der Waals surface area (Å²) >= 11 is 1.50. The summed E-state index contributed by atoms with van der Waals surface area (Å²) < 4.78 is 0. The number of hydrogen-bond acceptors (Lipinski definition) is 7. The van der Waals surface area contributed by atoms with Crippen LogP contribution in [-0.2, 0) is 9.59 Å². The molecule has 0 bridgehead atoms. The van der Waals surface area contributed by atoms with Gasteiger partial charge < -0.3 is 9.80 Å². The van der Waals surface area contributed by atoms with E-state index in [0.717, 1.165) is 17.7 Å². The summed E-state index contributed by atoms with van der Waals surface area (Å²) in [5.41, 5.74) is 1.11. The third-order valence-corrected chi connectivity index (χ3v) is 5.96. The highest BCUT2D eigenvalue weighted by molar-refractivity contribution is 7.11. The van der Waals surface area contributed by atoms with Crippen LogP contribution in [0.2, 0.25) is 0 Å². The zero-order valence-electron chi connectivity index (χ0n) is 15.9. The van der Waals surface area contributed by atoms with Crippen molar-refractivity contribution in [1.29, 1.82) is 0 Å². The van der Waals surface area contributed by atoms with Gasteiger partial charge in [0.05, 0.1) is 5.57 Å². The first-order valence-corrected chi connectivity index (χ1v) is 10.5. The largest absolute Gasteiger partial charge is 0.363 e. The summed E-state index contributed by atoms with van der Waals surface area (Å²) in [6, 6.07) is 5.63. The van der Waals surface area contributed by atoms with Crippen LogP contribution in [0.3, 0.4) is 0 Å². The Hall–Kier alpha value is -2.74. The predicted molar refractivity (Wildman–Crippen MR) is 109 cm³/mol. The first-order chi connectivity index (χ1) is 13.7. The van der Waals surface area contributed by atoms with Crippen molar-refractivity contribution >= 4 is 34.7 Å². The van der Waals surface area contributed by atoms with Crippen molar-refractivity contribution in [3.8, 4) is 0 Å². The van der Waals surface area contributed by atoms with Crippen LogP contribution in [0.15, 0.2) is 41.7 Å². The topological polar surface area (TPSA) is 69.6 Å². The molecule has 2 amide bonds. The maximum atomic E-state index is 13.2. The SMILES string of the molecule is CCCCN1C(=O)C(c2cccs2)=C(N2CCN(c3ncccn3)CC2)C1=O. The van der Waals surface area contributed by atoms with Gasteiger partial charge in [0.1, 0.15) is 5.70 Å². The molecule has 0 aliphatic carbocycles. The molecule has 1 fully saturated rings. The van der Waals surface area contributed by atoms with Crippen molar-refractivity contribution in [3.63, 3.8) is 0 Å². The van der Waals surface area contributed by atoms with Crippen LogP contribution in [0.25, 0.3) is 5.57 Å². The number of rotatable bonds is 6. The molecular formula is C20H23N5O2S. The van der Waals surface area contributed by atoms with Crippen molar-refractivity contribution in [2.45, 2.75) is 19.8 Å². The molecule has 0 atom stereocenters. The summed E-state index contributed by atoms with van der Waals surface area (Å²) in [5, 5.41) is 1.94. The van der Waals surface area contributed by atoms with Gasteiger partial charge in [-0.05, 0) is 23.9 Å². The van der Waals surface area contributed by atoms with Gasteiger partial charge in [0, 0.05) is 50.0 Å². The highest BCUT2D eigenvalue weighted by Crippen LogP contribution is 2.34. The summed E-state index contributed by atoms with van der Waals surface area (Å²) in [7, 11) is 0. The molecule has 146 valence electrons. The van der Waals surface area contributed by atoms with E-state index in [4.69, 9.17) is 0 Å². The average Bonchev–Trinajstić information content (AvgIpc) is 3.34. The second kappa shape index (κ2) is 8.10. The van der Waals surface area contributed by atoms with Gasteiger partial charge in [0.25, 0.3) is 11.8 Å². The zero-order chi connectivity index (χ0) is 19.5. The number of carbonyl (C=O) groups excluding carboxylic acids is 2. The summed E-state index contributed by atoms with van der Waals surface area (Å²) in [4.78, 5) is 41.3.